The maximum absolute atomic E-state index is 10.2. The minimum Gasteiger partial charge on any atom is -0.369 e. The largest absolute Gasteiger partial charge is 0.369 e. The maximum Gasteiger partial charge on any atom is 0.0938 e. The molecule has 0 atom stereocenters. The molecule has 5 heteroatoms. The van der Waals surface area contributed by atoms with Crippen molar-refractivity contribution >= 4 is 5.69 Å². The van der Waals surface area contributed by atoms with Crippen molar-refractivity contribution in [2.75, 3.05) is 44.2 Å². The van der Waals surface area contributed by atoms with Crippen molar-refractivity contribution in [2.45, 2.75) is 13.3 Å². The molecule has 0 aromatic carbocycles. The van der Waals surface area contributed by atoms with Gasteiger partial charge in [0.1, 0.15) is 0 Å². The molecule has 1 fully saturated rings. The molecule has 1 aromatic rings. The van der Waals surface area contributed by atoms with Crippen LogP contribution in [0.2, 0.25) is 0 Å². The standard InChI is InChI=1S/C13H20N4O/c1-12-3-4-13(11-14-12)17-7-2-6-16(9-10-17)8-5-15-18/h3-4,11H,2,5-10H2,1H3. The number of aromatic nitrogens is 1. The van der Waals surface area contributed by atoms with E-state index in [0.29, 0.717) is 6.54 Å². The lowest BCUT2D eigenvalue weighted by atomic mass is 10.3. The Morgan fingerprint density at radius 2 is 2.17 bits per heavy atom. The van der Waals surface area contributed by atoms with E-state index in [-0.39, 0.29) is 0 Å². The van der Waals surface area contributed by atoms with Crippen LogP contribution in [-0.2, 0) is 0 Å². The normalized spacial score (nSPS) is 17.5. The molecule has 98 valence electrons. The van der Waals surface area contributed by atoms with Crippen molar-refractivity contribution in [1.29, 1.82) is 0 Å². The van der Waals surface area contributed by atoms with Gasteiger partial charge in [-0.2, -0.15) is 4.91 Å². The Hall–Kier alpha value is -1.49. The fourth-order valence-electron chi connectivity index (χ4n) is 2.28. The van der Waals surface area contributed by atoms with Gasteiger partial charge in [0.2, 0.25) is 0 Å². The second kappa shape index (κ2) is 6.44. The van der Waals surface area contributed by atoms with E-state index >= 15 is 0 Å². The van der Waals surface area contributed by atoms with Crippen LogP contribution >= 0.6 is 0 Å². The molecule has 0 radical (unpaired) electrons. The van der Waals surface area contributed by atoms with Crippen LogP contribution < -0.4 is 4.90 Å². The molecule has 1 saturated heterocycles. The summed E-state index contributed by atoms with van der Waals surface area (Å²) in [6, 6.07) is 4.18. The average Bonchev–Trinajstić information content (AvgIpc) is 2.63. The summed E-state index contributed by atoms with van der Waals surface area (Å²) in [5.74, 6) is 0. The van der Waals surface area contributed by atoms with Gasteiger partial charge in [-0.1, -0.05) is 5.18 Å². The van der Waals surface area contributed by atoms with Gasteiger partial charge in [0.25, 0.3) is 0 Å². The highest BCUT2D eigenvalue weighted by Crippen LogP contribution is 2.15. The first-order valence-corrected chi connectivity index (χ1v) is 6.48. The highest BCUT2D eigenvalue weighted by Gasteiger charge is 2.14. The lowest BCUT2D eigenvalue weighted by molar-refractivity contribution is 0.302. The third-order valence-corrected chi connectivity index (χ3v) is 3.36. The summed E-state index contributed by atoms with van der Waals surface area (Å²) < 4.78 is 0. The summed E-state index contributed by atoms with van der Waals surface area (Å²) in [7, 11) is 0. The van der Waals surface area contributed by atoms with Gasteiger partial charge in [-0.15, -0.1) is 0 Å². The zero-order chi connectivity index (χ0) is 12.8. The molecule has 0 saturated carbocycles. The van der Waals surface area contributed by atoms with Gasteiger partial charge < -0.3 is 4.90 Å². The molecule has 2 heterocycles. The molecule has 0 unspecified atom stereocenters. The smallest absolute Gasteiger partial charge is 0.0938 e. The van der Waals surface area contributed by atoms with Gasteiger partial charge in [0, 0.05) is 31.9 Å². The zero-order valence-electron chi connectivity index (χ0n) is 10.9. The second-order valence-electron chi connectivity index (χ2n) is 4.69. The predicted octanol–water partition coefficient (Wildman–Crippen LogP) is 1.67. The molecule has 18 heavy (non-hydrogen) atoms. The molecule has 0 spiro atoms. The number of anilines is 1. The molecule has 1 aliphatic heterocycles. The van der Waals surface area contributed by atoms with Gasteiger partial charge in [0.05, 0.1) is 18.4 Å². The number of rotatable bonds is 4. The predicted molar refractivity (Wildman–Crippen MR) is 72.9 cm³/mol. The number of aryl methyl sites for hydroxylation is 1. The third kappa shape index (κ3) is 3.50. The lowest BCUT2D eigenvalue weighted by Gasteiger charge is -2.23. The summed E-state index contributed by atoms with van der Waals surface area (Å²) in [5.41, 5.74) is 2.24. The number of hydrogen-bond acceptors (Lipinski definition) is 5. The second-order valence-corrected chi connectivity index (χ2v) is 4.69. The number of pyridine rings is 1. The molecular weight excluding hydrogens is 228 g/mol. The lowest BCUT2D eigenvalue weighted by Crippen LogP contribution is -2.32. The summed E-state index contributed by atoms with van der Waals surface area (Å²) >= 11 is 0. The summed E-state index contributed by atoms with van der Waals surface area (Å²) in [5, 5.41) is 2.93. The van der Waals surface area contributed by atoms with E-state index in [1.165, 1.54) is 5.69 Å². The van der Waals surface area contributed by atoms with Crippen molar-refractivity contribution in [3.63, 3.8) is 0 Å². The van der Waals surface area contributed by atoms with E-state index in [9.17, 15) is 4.91 Å². The quantitative estimate of drug-likeness (QED) is 0.760. The number of nitroso groups, excluding NO2 is 1. The first kappa shape index (κ1) is 13.0. The van der Waals surface area contributed by atoms with Crippen LogP contribution in [0.4, 0.5) is 5.69 Å². The van der Waals surface area contributed by atoms with Gasteiger partial charge in [-0.3, -0.25) is 9.88 Å². The Labute approximate surface area is 108 Å². The number of nitrogens with zero attached hydrogens (tertiary/aromatic N) is 4. The van der Waals surface area contributed by atoms with Gasteiger partial charge >= 0.3 is 0 Å². The van der Waals surface area contributed by atoms with Crippen LogP contribution in [0.25, 0.3) is 0 Å². The van der Waals surface area contributed by atoms with E-state index in [4.69, 9.17) is 0 Å². The van der Waals surface area contributed by atoms with Crippen molar-refractivity contribution in [3.8, 4) is 0 Å². The summed E-state index contributed by atoms with van der Waals surface area (Å²) in [6.45, 7) is 7.25. The van der Waals surface area contributed by atoms with Gasteiger partial charge in [0.15, 0.2) is 0 Å². The fraction of sp³-hybridized carbons (Fsp3) is 0.615. The van der Waals surface area contributed by atoms with E-state index in [1.54, 1.807) is 0 Å². The first-order valence-electron chi connectivity index (χ1n) is 6.48. The van der Waals surface area contributed by atoms with Gasteiger partial charge in [-0.05, 0) is 32.0 Å². The molecule has 0 aliphatic carbocycles. The molecule has 1 aromatic heterocycles. The Balaban J connectivity index is 1.92. The minimum absolute atomic E-state index is 0.395. The third-order valence-electron chi connectivity index (χ3n) is 3.36. The Morgan fingerprint density at radius 1 is 1.28 bits per heavy atom. The first-order chi connectivity index (χ1) is 8.79. The molecule has 2 rings (SSSR count). The van der Waals surface area contributed by atoms with Crippen LogP contribution in [-0.4, -0.2) is 49.2 Å². The highest BCUT2D eigenvalue weighted by atomic mass is 16.3. The van der Waals surface area contributed by atoms with Crippen LogP contribution in [0.15, 0.2) is 23.5 Å². The van der Waals surface area contributed by atoms with Crippen LogP contribution in [0.1, 0.15) is 12.1 Å². The monoisotopic (exact) mass is 248 g/mol. The SMILES string of the molecule is Cc1ccc(N2CCCN(CCN=O)CC2)cn1. The Kier molecular flexibility index (Phi) is 4.64. The molecular formula is C13H20N4O. The molecule has 0 amide bonds. The minimum atomic E-state index is 0.395. The van der Waals surface area contributed by atoms with Crippen molar-refractivity contribution in [3.05, 3.63) is 28.9 Å². The van der Waals surface area contributed by atoms with Crippen molar-refractivity contribution < 1.29 is 0 Å². The summed E-state index contributed by atoms with van der Waals surface area (Å²) in [4.78, 5) is 19.2. The van der Waals surface area contributed by atoms with Crippen molar-refractivity contribution in [2.24, 2.45) is 5.18 Å². The van der Waals surface area contributed by atoms with Crippen molar-refractivity contribution in [1.82, 2.24) is 9.88 Å². The topological polar surface area (TPSA) is 48.8 Å². The van der Waals surface area contributed by atoms with Crippen LogP contribution in [0, 0.1) is 11.8 Å². The van der Waals surface area contributed by atoms with E-state index in [0.717, 1.165) is 44.8 Å². The number of hydrogen-bond donors (Lipinski definition) is 0. The Bertz CT molecular complexity index is 379. The van der Waals surface area contributed by atoms with Crippen LogP contribution in [0.3, 0.4) is 0 Å². The molecule has 0 N–H and O–H groups in total. The average molecular weight is 248 g/mol. The Morgan fingerprint density at radius 3 is 2.89 bits per heavy atom. The maximum atomic E-state index is 10.2. The fourth-order valence-corrected chi connectivity index (χ4v) is 2.28. The highest BCUT2D eigenvalue weighted by molar-refractivity contribution is 5.44. The van der Waals surface area contributed by atoms with E-state index in [1.807, 2.05) is 19.2 Å². The van der Waals surface area contributed by atoms with Gasteiger partial charge in [-0.25, -0.2) is 0 Å². The zero-order valence-corrected chi connectivity index (χ0v) is 10.9. The molecule has 5 nitrogen and oxygen atoms in total. The van der Waals surface area contributed by atoms with E-state index < -0.39 is 0 Å². The molecule has 0 bridgehead atoms. The van der Waals surface area contributed by atoms with E-state index in [2.05, 4.69) is 26.0 Å². The molecule has 1 aliphatic rings. The van der Waals surface area contributed by atoms with Crippen LogP contribution in [0.5, 0.6) is 0 Å². The summed E-state index contributed by atoms with van der Waals surface area (Å²) in [6.07, 6.45) is 3.06.